The molecule has 0 aliphatic heterocycles. The number of aromatic nitrogens is 1. The fourth-order valence-electron chi connectivity index (χ4n) is 13.8. The smallest absolute Gasteiger partial charge is 0.0547 e. The SMILES string of the molecule is c1ccc(-c2cccc3cccc(-c4ccc(N(c5ccc(-c6ccc(C78CC9CC(CC(C9)C7)C8)cc6)cc5)c5ccc(-c6ccc7c8ccccc8n(-c8ccccc8)c7c6)cc5)cc4)c23)cc1. The van der Waals surface area contributed by atoms with E-state index in [0.717, 1.165) is 34.8 Å². The van der Waals surface area contributed by atoms with Crippen molar-refractivity contribution in [1.82, 2.24) is 4.57 Å². The van der Waals surface area contributed by atoms with Crippen LogP contribution in [-0.4, -0.2) is 4.57 Å². The van der Waals surface area contributed by atoms with Gasteiger partial charge in [-0.1, -0.05) is 176 Å². The molecule has 0 atom stereocenters. The van der Waals surface area contributed by atoms with Crippen molar-refractivity contribution in [2.24, 2.45) is 17.8 Å². The summed E-state index contributed by atoms with van der Waals surface area (Å²) >= 11 is 0. The van der Waals surface area contributed by atoms with E-state index in [4.69, 9.17) is 0 Å². The molecule has 70 heavy (non-hydrogen) atoms. The topological polar surface area (TPSA) is 8.17 Å². The van der Waals surface area contributed by atoms with Gasteiger partial charge in [-0.25, -0.2) is 0 Å². The highest BCUT2D eigenvalue weighted by atomic mass is 15.1. The third-order valence-corrected chi connectivity index (χ3v) is 16.6. The van der Waals surface area contributed by atoms with Crippen molar-refractivity contribution in [3.05, 3.63) is 242 Å². The van der Waals surface area contributed by atoms with Crippen molar-refractivity contribution in [3.63, 3.8) is 0 Å². The van der Waals surface area contributed by atoms with E-state index in [1.54, 1.807) is 5.56 Å². The Labute approximate surface area is 411 Å². The zero-order valence-corrected chi connectivity index (χ0v) is 39.4. The molecule has 2 heteroatoms. The number of nitrogens with zero attached hydrogens (tertiary/aromatic N) is 2. The molecule has 0 spiro atoms. The van der Waals surface area contributed by atoms with Crippen molar-refractivity contribution < 1.29 is 0 Å². The van der Waals surface area contributed by atoms with E-state index < -0.39 is 0 Å². The van der Waals surface area contributed by atoms with Gasteiger partial charge < -0.3 is 9.47 Å². The lowest BCUT2D eigenvalue weighted by molar-refractivity contribution is -0.00518. The second-order valence-electron chi connectivity index (χ2n) is 20.7. The summed E-state index contributed by atoms with van der Waals surface area (Å²) in [4.78, 5) is 2.41. The van der Waals surface area contributed by atoms with E-state index in [1.807, 2.05) is 0 Å². The van der Waals surface area contributed by atoms with Gasteiger partial charge in [0.15, 0.2) is 0 Å². The molecule has 1 aromatic heterocycles. The van der Waals surface area contributed by atoms with Gasteiger partial charge in [0.1, 0.15) is 0 Å². The Kier molecular flexibility index (Phi) is 9.76. The maximum absolute atomic E-state index is 2.48. The minimum absolute atomic E-state index is 0.412. The maximum atomic E-state index is 2.48. The predicted octanol–water partition coefficient (Wildman–Crippen LogP) is 18.5. The zero-order valence-electron chi connectivity index (χ0n) is 39.4. The number of para-hydroxylation sites is 2. The summed E-state index contributed by atoms with van der Waals surface area (Å²) in [6, 6.07) is 87.8. The highest BCUT2D eigenvalue weighted by molar-refractivity contribution is 6.10. The molecule has 0 amide bonds. The molecule has 4 bridgehead atoms. The standard InChI is InChI=1S/C68H54N2/c1-3-11-52(12-4-1)61-18-9-13-54-14-10-19-62(67(54)61)53-27-36-60(37-28-53)69(58-32-23-50(24-33-58)49-21-30-56(31-22-49)68-43-46-39-47(44-68)41-48(40-46)45-68)59-34-25-51(26-35-59)55-29-38-64-63-17-7-8-20-65(63)70(66(64)42-55)57-15-5-2-6-16-57/h1-38,42,46-48H,39-41,43-45H2. The van der Waals surface area contributed by atoms with E-state index >= 15 is 0 Å². The highest BCUT2D eigenvalue weighted by Crippen LogP contribution is 2.61. The molecule has 0 unspecified atom stereocenters. The first-order valence-electron chi connectivity index (χ1n) is 25.5. The summed E-state index contributed by atoms with van der Waals surface area (Å²) in [7, 11) is 0. The number of hydrogen-bond donors (Lipinski definition) is 0. The Morgan fingerprint density at radius 2 is 0.814 bits per heavy atom. The number of anilines is 3. The Hall–Kier alpha value is -7.94. The lowest BCUT2D eigenvalue weighted by Gasteiger charge is -2.57. The fraction of sp³-hybridized carbons (Fsp3) is 0.147. The van der Waals surface area contributed by atoms with Crippen LogP contribution in [0.2, 0.25) is 0 Å². The van der Waals surface area contributed by atoms with Gasteiger partial charge in [0, 0.05) is 33.5 Å². The molecule has 4 aliphatic carbocycles. The van der Waals surface area contributed by atoms with Crippen LogP contribution in [0.5, 0.6) is 0 Å². The molecule has 4 aliphatic rings. The Bertz CT molecular complexity index is 3660. The van der Waals surface area contributed by atoms with E-state index in [9.17, 15) is 0 Å². The lowest BCUT2D eigenvalue weighted by Crippen LogP contribution is -2.48. The van der Waals surface area contributed by atoms with Crippen LogP contribution in [0.25, 0.3) is 82.8 Å². The van der Waals surface area contributed by atoms with Crippen LogP contribution >= 0.6 is 0 Å². The van der Waals surface area contributed by atoms with Gasteiger partial charge in [-0.05, 0) is 183 Å². The molecule has 10 aromatic carbocycles. The van der Waals surface area contributed by atoms with Crippen molar-refractivity contribution in [2.75, 3.05) is 4.90 Å². The van der Waals surface area contributed by atoms with Gasteiger partial charge in [-0.15, -0.1) is 0 Å². The molecular weight excluding hydrogens is 845 g/mol. The normalized spacial score (nSPS) is 19.3. The van der Waals surface area contributed by atoms with Gasteiger partial charge in [-0.3, -0.25) is 0 Å². The molecule has 4 fully saturated rings. The van der Waals surface area contributed by atoms with Gasteiger partial charge in [0.2, 0.25) is 0 Å². The first-order valence-corrected chi connectivity index (χ1v) is 25.5. The lowest BCUT2D eigenvalue weighted by atomic mass is 9.48. The van der Waals surface area contributed by atoms with Gasteiger partial charge in [0.25, 0.3) is 0 Å². The van der Waals surface area contributed by atoms with Crippen LogP contribution in [-0.2, 0) is 5.41 Å². The third kappa shape index (κ3) is 6.99. The van der Waals surface area contributed by atoms with Crippen LogP contribution in [0.3, 0.4) is 0 Å². The van der Waals surface area contributed by atoms with Crippen LogP contribution < -0.4 is 4.90 Å². The molecule has 0 N–H and O–H groups in total. The van der Waals surface area contributed by atoms with Crippen LogP contribution in [0.4, 0.5) is 17.1 Å². The largest absolute Gasteiger partial charge is 0.311 e. The number of rotatable bonds is 9. The average Bonchev–Trinajstić information content (AvgIpc) is 3.75. The number of hydrogen-bond acceptors (Lipinski definition) is 1. The third-order valence-electron chi connectivity index (χ3n) is 16.6. The summed E-state index contributed by atoms with van der Waals surface area (Å²) in [5.41, 5.74) is 18.8. The Morgan fingerprint density at radius 1 is 0.357 bits per heavy atom. The second-order valence-corrected chi connectivity index (χ2v) is 20.7. The molecule has 336 valence electrons. The van der Waals surface area contributed by atoms with Crippen molar-refractivity contribution in [3.8, 4) is 50.2 Å². The van der Waals surface area contributed by atoms with E-state index in [-0.39, 0.29) is 0 Å². The first kappa shape index (κ1) is 41.1. The van der Waals surface area contributed by atoms with Crippen LogP contribution in [0.1, 0.15) is 44.1 Å². The van der Waals surface area contributed by atoms with E-state index in [2.05, 4.69) is 246 Å². The molecule has 1 heterocycles. The average molecular weight is 899 g/mol. The summed E-state index contributed by atoms with van der Waals surface area (Å²) in [5, 5.41) is 5.05. The molecule has 4 saturated carbocycles. The zero-order chi connectivity index (χ0) is 46.2. The first-order chi connectivity index (χ1) is 34.6. The predicted molar refractivity (Wildman–Crippen MR) is 295 cm³/mol. The fourth-order valence-corrected chi connectivity index (χ4v) is 13.8. The van der Waals surface area contributed by atoms with Gasteiger partial charge >= 0.3 is 0 Å². The van der Waals surface area contributed by atoms with Crippen LogP contribution in [0, 0.1) is 17.8 Å². The van der Waals surface area contributed by atoms with Crippen molar-refractivity contribution >= 4 is 49.6 Å². The second kappa shape index (κ2) is 16.6. The summed E-state index contributed by atoms with van der Waals surface area (Å²) in [6.07, 6.45) is 8.64. The van der Waals surface area contributed by atoms with Crippen molar-refractivity contribution in [1.29, 1.82) is 0 Å². The minimum atomic E-state index is 0.412. The maximum Gasteiger partial charge on any atom is 0.0547 e. The molecule has 15 rings (SSSR count). The van der Waals surface area contributed by atoms with E-state index in [1.165, 1.54) is 121 Å². The van der Waals surface area contributed by atoms with E-state index in [0.29, 0.717) is 5.41 Å². The number of benzene rings is 10. The van der Waals surface area contributed by atoms with Gasteiger partial charge in [-0.2, -0.15) is 0 Å². The summed E-state index contributed by atoms with van der Waals surface area (Å²) in [5.74, 6) is 2.84. The monoisotopic (exact) mass is 898 g/mol. The highest BCUT2D eigenvalue weighted by Gasteiger charge is 2.51. The quantitative estimate of drug-likeness (QED) is 0.140. The van der Waals surface area contributed by atoms with Gasteiger partial charge in [0.05, 0.1) is 11.0 Å². The van der Waals surface area contributed by atoms with Crippen molar-refractivity contribution in [2.45, 2.75) is 43.9 Å². The number of fused-ring (bicyclic) bond motifs is 4. The Morgan fingerprint density at radius 3 is 1.40 bits per heavy atom. The molecule has 11 aromatic rings. The van der Waals surface area contributed by atoms with Crippen LogP contribution in [0.15, 0.2) is 237 Å². The molecular formula is C68H54N2. The summed E-state index contributed by atoms with van der Waals surface area (Å²) < 4.78 is 2.40. The Balaban J connectivity index is 0.828. The molecule has 2 nitrogen and oxygen atoms in total. The molecule has 0 saturated heterocycles. The molecule has 0 radical (unpaired) electrons. The minimum Gasteiger partial charge on any atom is -0.311 e. The summed E-state index contributed by atoms with van der Waals surface area (Å²) in [6.45, 7) is 0.